The van der Waals surface area contributed by atoms with Crippen molar-refractivity contribution in [2.75, 3.05) is 6.61 Å². The van der Waals surface area contributed by atoms with Crippen molar-refractivity contribution in [1.82, 2.24) is 0 Å². The fourth-order valence-corrected chi connectivity index (χ4v) is 4.92. The van der Waals surface area contributed by atoms with Gasteiger partial charge in [0, 0.05) is 5.41 Å². The number of aryl methyl sites for hydroxylation is 1. The van der Waals surface area contributed by atoms with Gasteiger partial charge in [0.2, 0.25) is 0 Å². The third-order valence-electron chi connectivity index (χ3n) is 6.15. The van der Waals surface area contributed by atoms with E-state index in [4.69, 9.17) is 4.74 Å². The van der Waals surface area contributed by atoms with Crippen molar-refractivity contribution in [3.8, 4) is 5.75 Å². The van der Waals surface area contributed by atoms with E-state index in [9.17, 15) is 10.2 Å². The Hall–Kier alpha value is -1.06. The molecular formula is C17H22O3. The topological polar surface area (TPSA) is 49.7 Å². The van der Waals surface area contributed by atoms with Crippen LogP contribution in [0.25, 0.3) is 0 Å². The Bertz CT molecular complexity index is 541. The van der Waals surface area contributed by atoms with Crippen molar-refractivity contribution in [3.05, 3.63) is 29.3 Å². The van der Waals surface area contributed by atoms with Gasteiger partial charge in [0.25, 0.3) is 0 Å². The molecule has 0 aromatic heterocycles. The van der Waals surface area contributed by atoms with Gasteiger partial charge in [-0.2, -0.15) is 0 Å². The highest BCUT2D eigenvalue weighted by Gasteiger charge is 2.55. The molecule has 5 atom stereocenters. The average molecular weight is 274 g/mol. The molecule has 2 fully saturated rings. The summed E-state index contributed by atoms with van der Waals surface area (Å²) in [6.07, 6.45) is 3.75. The van der Waals surface area contributed by atoms with E-state index >= 15 is 0 Å². The molecule has 1 aliphatic heterocycles. The van der Waals surface area contributed by atoms with Crippen LogP contribution in [0.1, 0.15) is 43.2 Å². The summed E-state index contributed by atoms with van der Waals surface area (Å²) in [4.78, 5) is 0. The summed E-state index contributed by atoms with van der Waals surface area (Å²) in [5, 5.41) is 19.8. The van der Waals surface area contributed by atoms with Crippen LogP contribution in [0.4, 0.5) is 0 Å². The highest BCUT2D eigenvalue weighted by molar-refractivity contribution is 5.40. The number of aliphatic hydroxyl groups is 1. The molecule has 20 heavy (non-hydrogen) atoms. The first kappa shape index (κ1) is 12.7. The van der Waals surface area contributed by atoms with Gasteiger partial charge in [-0.15, -0.1) is 0 Å². The van der Waals surface area contributed by atoms with E-state index in [1.807, 2.05) is 12.1 Å². The molecular weight excluding hydrogens is 252 g/mol. The molecule has 0 bridgehead atoms. The number of phenolic OH excluding ortho intramolecular Hbond substituents is 1. The monoisotopic (exact) mass is 274 g/mol. The van der Waals surface area contributed by atoms with Crippen molar-refractivity contribution in [2.24, 2.45) is 17.3 Å². The summed E-state index contributed by atoms with van der Waals surface area (Å²) in [6.45, 7) is 2.89. The predicted octanol–water partition coefficient (Wildman–Crippen LogP) is 2.80. The summed E-state index contributed by atoms with van der Waals surface area (Å²) in [7, 11) is 0. The third kappa shape index (κ3) is 1.60. The van der Waals surface area contributed by atoms with Crippen molar-refractivity contribution in [3.63, 3.8) is 0 Å². The molecule has 1 aromatic carbocycles. The molecule has 2 N–H and O–H groups in total. The van der Waals surface area contributed by atoms with E-state index in [1.54, 1.807) is 0 Å². The van der Waals surface area contributed by atoms with Crippen molar-refractivity contribution >= 4 is 0 Å². The fourth-order valence-electron chi connectivity index (χ4n) is 4.92. The zero-order chi connectivity index (χ0) is 13.9. The van der Waals surface area contributed by atoms with Crippen molar-refractivity contribution < 1.29 is 14.9 Å². The van der Waals surface area contributed by atoms with Crippen LogP contribution in [-0.2, 0) is 11.2 Å². The molecule has 108 valence electrons. The molecule has 3 heteroatoms. The second kappa shape index (κ2) is 4.22. The minimum atomic E-state index is -0.588. The molecule has 0 radical (unpaired) electrons. The van der Waals surface area contributed by atoms with E-state index in [2.05, 4.69) is 13.0 Å². The smallest absolute Gasteiger partial charge is 0.160 e. The maximum absolute atomic E-state index is 10.2. The van der Waals surface area contributed by atoms with Crippen LogP contribution in [0.2, 0.25) is 0 Å². The van der Waals surface area contributed by atoms with Crippen molar-refractivity contribution in [1.29, 1.82) is 0 Å². The van der Waals surface area contributed by atoms with Gasteiger partial charge >= 0.3 is 0 Å². The van der Waals surface area contributed by atoms with Gasteiger partial charge in [0.1, 0.15) is 5.75 Å². The number of aromatic hydroxyl groups is 1. The molecule has 3 nitrogen and oxygen atoms in total. The van der Waals surface area contributed by atoms with Gasteiger partial charge in [-0.25, -0.2) is 0 Å². The zero-order valence-electron chi connectivity index (χ0n) is 11.9. The second-order valence-electron chi connectivity index (χ2n) is 7.03. The first-order valence-corrected chi connectivity index (χ1v) is 7.71. The van der Waals surface area contributed by atoms with Crippen molar-refractivity contribution in [2.45, 2.75) is 44.8 Å². The molecule has 1 aromatic rings. The predicted molar refractivity (Wildman–Crippen MR) is 75.4 cm³/mol. The Labute approximate surface area is 119 Å². The van der Waals surface area contributed by atoms with Gasteiger partial charge < -0.3 is 14.9 Å². The lowest BCUT2D eigenvalue weighted by molar-refractivity contribution is -0.124. The van der Waals surface area contributed by atoms with Gasteiger partial charge in [-0.1, -0.05) is 13.0 Å². The molecule has 4 unspecified atom stereocenters. The highest BCUT2D eigenvalue weighted by Crippen LogP contribution is 2.58. The number of rotatable bonds is 0. The molecule has 3 aliphatic rings. The van der Waals surface area contributed by atoms with Crippen LogP contribution >= 0.6 is 0 Å². The minimum absolute atomic E-state index is 0.0599. The number of benzene rings is 1. The lowest BCUT2D eigenvalue weighted by atomic mass is 9.55. The Kier molecular flexibility index (Phi) is 2.67. The Morgan fingerprint density at radius 3 is 3.00 bits per heavy atom. The van der Waals surface area contributed by atoms with Gasteiger partial charge in [-0.3, -0.25) is 0 Å². The molecule has 1 saturated heterocycles. The number of hydrogen-bond acceptors (Lipinski definition) is 3. The average Bonchev–Trinajstić information content (AvgIpc) is 2.74. The summed E-state index contributed by atoms with van der Waals surface area (Å²) < 4.78 is 5.57. The number of phenols is 1. The zero-order valence-corrected chi connectivity index (χ0v) is 11.9. The summed E-state index contributed by atoms with van der Waals surface area (Å²) in [6, 6.07) is 5.85. The first-order valence-electron chi connectivity index (χ1n) is 7.71. The summed E-state index contributed by atoms with van der Waals surface area (Å²) >= 11 is 0. The van der Waals surface area contributed by atoms with Gasteiger partial charge in [0.15, 0.2) is 6.29 Å². The lowest BCUT2D eigenvalue weighted by Gasteiger charge is -2.48. The van der Waals surface area contributed by atoms with Gasteiger partial charge in [0.05, 0.1) is 6.61 Å². The lowest BCUT2D eigenvalue weighted by Crippen LogP contribution is -2.44. The Morgan fingerprint density at radius 1 is 1.30 bits per heavy atom. The quantitative estimate of drug-likeness (QED) is 0.765. The maximum Gasteiger partial charge on any atom is 0.160 e. The first-order chi connectivity index (χ1) is 9.59. The molecule has 2 aliphatic carbocycles. The molecule has 0 amide bonds. The van der Waals surface area contributed by atoms with Gasteiger partial charge in [-0.05, 0) is 66.7 Å². The normalized spacial score (nSPS) is 42.7. The third-order valence-corrected chi connectivity index (χ3v) is 6.15. The molecule has 4 rings (SSSR count). The Morgan fingerprint density at radius 2 is 2.15 bits per heavy atom. The molecule has 1 heterocycles. The number of hydrogen-bond donors (Lipinski definition) is 2. The van der Waals surface area contributed by atoms with Crippen LogP contribution < -0.4 is 0 Å². The maximum atomic E-state index is 10.2. The number of fused-ring (bicyclic) bond motifs is 5. The fraction of sp³-hybridized carbons (Fsp3) is 0.647. The van der Waals surface area contributed by atoms with Crippen LogP contribution in [0, 0.1) is 17.3 Å². The standard InChI is InChI=1S/C17H22O3/c1-17-7-6-13-12-5-3-11(18)8-10(12)2-4-14(13)15(17)9-20-16(17)19/h3,5,8,13-16,18-19H,2,4,6-7,9H2,1H3/t13?,14?,15?,16?,17-/m0/s1. The minimum Gasteiger partial charge on any atom is -0.508 e. The SMILES string of the molecule is C[C@]12CCC3c4ccc(O)cc4CCC3C1COC2O. The van der Waals surface area contributed by atoms with Crippen LogP contribution in [0.15, 0.2) is 18.2 Å². The number of ether oxygens (including phenoxy) is 1. The van der Waals surface area contributed by atoms with E-state index in [-0.39, 0.29) is 5.41 Å². The van der Waals surface area contributed by atoms with Crippen LogP contribution in [0.5, 0.6) is 5.75 Å². The highest BCUT2D eigenvalue weighted by atomic mass is 16.6. The molecule has 1 saturated carbocycles. The van der Waals surface area contributed by atoms with E-state index in [0.29, 0.717) is 30.1 Å². The van der Waals surface area contributed by atoms with E-state index < -0.39 is 6.29 Å². The molecule has 0 spiro atoms. The van der Waals surface area contributed by atoms with Crippen LogP contribution in [-0.4, -0.2) is 23.1 Å². The van der Waals surface area contributed by atoms with E-state index in [1.165, 1.54) is 11.1 Å². The second-order valence-corrected chi connectivity index (χ2v) is 7.03. The largest absolute Gasteiger partial charge is 0.508 e. The summed E-state index contributed by atoms with van der Waals surface area (Å²) in [5.74, 6) is 2.04. The number of aliphatic hydroxyl groups excluding tert-OH is 1. The Balaban J connectivity index is 1.71. The summed E-state index contributed by atoms with van der Waals surface area (Å²) in [5.41, 5.74) is 2.67. The van der Waals surface area contributed by atoms with E-state index in [0.717, 1.165) is 25.7 Å². The van der Waals surface area contributed by atoms with Crippen LogP contribution in [0.3, 0.4) is 0 Å².